The highest BCUT2D eigenvalue weighted by atomic mass is 31.2. The molecule has 5 aromatic rings. The van der Waals surface area contributed by atoms with E-state index < -0.39 is 15.7 Å². The van der Waals surface area contributed by atoms with Crippen LogP contribution in [0.25, 0.3) is 0 Å². The topological polar surface area (TPSA) is 12.5 Å². The summed E-state index contributed by atoms with van der Waals surface area (Å²) < 4.78 is 9.79. The number of rotatable bonds is 5. The molecule has 1 aliphatic rings. The van der Waals surface area contributed by atoms with Gasteiger partial charge >= 0.3 is 7.64 Å². The first kappa shape index (κ1) is 21.1. The Kier molecular flexibility index (Phi) is 5.63. The molecule has 0 fully saturated rings. The second-order valence-corrected chi connectivity index (χ2v) is 13.2. The fourth-order valence-corrected chi connectivity index (χ4v) is 12.0. The molecule has 0 saturated carbocycles. The van der Waals surface area contributed by atoms with Crippen LogP contribution in [0.1, 0.15) is 0 Å². The van der Waals surface area contributed by atoms with Crippen LogP contribution in [0.15, 0.2) is 146 Å². The van der Waals surface area contributed by atoms with Crippen molar-refractivity contribution >= 4 is 42.6 Å². The monoisotopic (exact) mass is 476 g/mol. The lowest BCUT2D eigenvalue weighted by Crippen LogP contribution is -2.38. The Bertz CT molecular complexity index is 1300. The fourth-order valence-electron chi connectivity index (χ4n) is 4.51. The Morgan fingerprint density at radius 2 is 0.882 bits per heavy atom. The van der Waals surface area contributed by atoms with E-state index >= 15 is 0 Å². The molecule has 1 aliphatic heterocycles. The summed E-state index contributed by atoms with van der Waals surface area (Å²) >= 11 is 0. The number of nitrogens with zero attached hydrogens (tertiary/aromatic N) is 1. The highest BCUT2D eigenvalue weighted by Crippen LogP contribution is 2.75. The van der Waals surface area contributed by atoms with E-state index in [0.717, 1.165) is 11.4 Å². The average Bonchev–Trinajstić information content (AvgIpc) is 3.27. The first-order valence-electron chi connectivity index (χ1n) is 11.4. The Balaban J connectivity index is 1.69. The minimum Gasteiger partial charge on any atom is -0.313 e. The molecule has 0 saturated heterocycles. The molecule has 34 heavy (non-hydrogen) atoms. The van der Waals surface area contributed by atoms with Gasteiger partial charge in [-0.2, -0.15) is 4.44 Å². The van der Waals surface area contributed by atoms with Crippen molar-refractivity contribution in [3.05, 3.63) is 146 Å². The molecule has 0 amide bonds. The Hall–Kier alpha value is -3.44. The van der Waals surface area contributed by atoms with Crippen LogP contribution in [-0.2, 0) is 0 Å². The molecule has 0 spiro atoms. The lowest BCUT2D eigenvalue weighted by atomic mass is 10.3. The summed E-state index contributed by atoms with van der Waals surface area (Å²) in [4.78, 5) is 0. The lowest BCUT2D eigenvalue weighted by Gasteiger charge is -2.35. The number of para-hydroxylation sites is 2. The second-order valence-electron chi connectivity index (χ2n) is 8.08. The molecule has 0 N–H and O–H groups in total. The van der Waals surface area contributed by atoms with Gasteiger partial charge in [0.25, 0.3) is 0 Å². The van der Waals surface area contributed by atoms with Crippen LogP contribution >= 0.6 is 15.7 Å². The van der Waals surface area contributed by atoms with E-state index in [1.165, 1.54) is 21.2 Å². The SMILES string of the molecule is c1ccc(P(c2ccccc2)N2c3ccccc3O[P+]2(c2ccccc2)c2ccccc2)cc1. The van der Waals surface area contributed by atoms with Crippen LogP contribution in [0.3, 0.4) is 0 Å². The van der Waals surface area contributed by atoms with E-state index in [1.807, 2.05) is 0 Å². The summed E-state index contributed by atoms with van der Waals surface area (Å²) in [5.41, 5.74) is 1.15. The number of hydrogen-bond donors (Lipinski definition) is 0. The number of anilines is 1. The van der Waals surface area contributed by atoms with Crippen molar-refractivity contribution in [3.8, 4) is 5.75 Å². The van der Waals surface area contributed by atoms with Gasteiger partial charge < -0.3 is 4.52 Å². The lowest BCUT2D eigenvalue weighted by molar-refractivity contribution is 0.633. The molecule has 0 aromatic heterocycles. The summed E-state index contributed by atoms with van der Waals surface area (Å²) in [7, 11) is -3.38. The summed E-state index contributed by atoms with van der Waals surface area (Å²) in [6, 6.07) is 51.8. The maximum Gasteiger partial charge on any atom is 0.353 e. The van der Waals surface area contributed by atoms with Crippen LogP contribution in [0.2, 0.25) is 0 Å². The predicted octanol–water partition coefficient (Wildman–Crippen LogP) is 6.43. The zero-order chi connectivity index (χ0) is 22.8. The van der Waals surface area contributed by atoms with Crippen molar-refractivity contribution in [1.82, 2.24) is 0 Å². The Morgan fingerprint density at radius 3 is 1.38 bits per heavy atom. The van der Waals surface area contributed by atoms with Crippen molar-refractivity contribution in [1.29, 1.82) is 0 Å². The van der Waals surface area contributed by atoms with Crippen molar-refractivity contribution in [2.24, 2.45) is 0 Å². The van der Waals surface area contributed by atoms with E-state index in [2.05, 4.69) is 150 Å². The first-order valence-corrected chi connectivity index (χ1v) is 14.3. The molecule has 0 radical (unpaired) electrons. The molecule has 0 unspecified atom stereocenters. The maximum atomic E-state index is 7.16. The summed E-state index contributed by atoms with van der Waals surface area (Å²) in [5.74, 6) is 0.947. The molecule has 6 rings (SSSR count). The Morgan fingerprint density at radius 1 is 0.471 bits per heavy atom. The quantitative estimate of drug-likeness (QED) is 0.271. The van der Waals surface area contributed by atoms with E-state index in [1.54, 1.807) is 0 Å². The summed E-state index contributed by atoms with van der Waals surface area (Å²) in [6.07, 6.45) is 0. The van der Waals surface area contributed by atoms with Crippen LogP contribution < -0.4 is 30.2 Å². The molecular weight excluding hydrogens is 452 g/mol. The number of fused-ring (bicyclic) bond motifs is 1. The normalized spacial score (nSPS) is 14.0. The maximum absolute atomic E-state index is 7.16. The van der Waals surface area contributed by atoms with Gasteiger partial charge in [-0.25, -0.2) is 0 Å². The number of hydrogen-bond acceptors (Lipinski definition) is 2. The zero-order valence-corrected chi connectivity index (χ0v) is 20.4. The van der Waals surface area contributed by atoms with E-state index in [9.17, 15) is 0 Å². The largest absolute Gasteiger partial charge is 0.353 e. The highest BCUT2D eigenvalue weighted by Gasteiger charge is 2.62. The third-order valence-corrected chi connectivity index (χ3v) is 12.6. The predicted molar refractivity (Wildman–Crippen MR) is 148 cm³/mol. The van der Waals surface area contributed by atoms with Gasteiger partial charge in [0.1, 0.15) is 13.8 Å². The third-order valence-electron chi connectivity index (χ3n) is 5.98. The molecule has 1 heterocycles. The van der Waals surface area contributed by atoms with E-state index in [0.29, 0.717) is 0 Å². The molecule has 164 valence electrons. The van der Waals surface area contributed by atoms with Crippen LogP contribution in [-0.4, -0.2) is 0 Å². The molecule has 2 nitrogen and oxygen atoms in total. The van der Waals surface area contributed by atoms with Gasteiger partial charge in [-0.15, -0.1) is 0 Å². The van der Waals surface area contributed by atoms with Crippen molar-refractivity contribution in [2.75, 3.05) is 4.44 Å². The van der Waals surface area contributed by atoms with Crippen molar-refractivity contribution in [2.45, 2.75) is 0 Å². The summed E-state index contributed by atoms with van der Waals surface area (Å²) in [5, 5.41) is 5.05. The minimum absolute atomic E-state index is 0.916. The minimum atomic E-state index is -2.47. The molecular formula is C30H24NOP2+. The van der Waals surface area contributed by atoms with Crippen molar-refractivity contribution in [3.63, 3.8) is 0 Å². The van der Waals surface area contributed by atoms with Gasteiger partial charge in [-0.05, 0) is 36.4 Å². The highest BCUT2D eigenvalue weighted by molar-refractivity contribution is 7.98. The van der Waals surface area contributed by atoms with Gasteiger partial charge in [-0.3, -0.25) is 0 Å². The zero-order valence-electron chi connectivity index (χ0n) is 18.6. The molecule has 5 aromatic carbocycles. The summed E-state index contributed by atoms with van der Waals surface area (Å²) in [6.45, 7) is 0. The first-order chi connectivity index (χ1) is 16.9. The Labute approximate surface area is 202 Å². The smallest absolute Gasteiger partial charge is 0.313 e. The van der Waals surface area contributed by atoms with E-state index in [4.69, 9.17) is 4.52 Å². The molecule has 0 aliphatic carbocycles. The molecule has 4 heteroatoms. The van der Waals surface area contributed by atoms with Crippen LogP contribution in [0.4, 0.5) is 5.69 Å². The second kappa shape index (κ2) is 9.07. The van der Waals surface area contributed by atoms with Crippen LogP contribution in [0, 0.1) is 0 Å². The van der Waals surface area contributed by atoms with Gasteiger partial charge in [0.05, 0.1) is 0 Å². The van der Waals surface area contributed by atoms with Gasteiger partial charge in [0.15, 0.2) is 10.6 Å². The van der Waals surface area contributed by atoms with Crippen molar-refractivity contribution < 1.29 is 4.52 Å². The fraction of sp³-hybridized carbons (Fsp3) is 0. The average molecular weight is 476 g/mol. The van der Waals surface area contributed by atoms with Gasteiger partial charge in [0.2, 0.25) is 5.75 Å². The molecule has 0 bridgehead atoms. The van der Waals surface area contributed by atoms with Gasteiger partial charge in [0, 0.05) is 10.6 Å². The van der Waals surface area contributed by atoms with Crippen LogP contribution in [0.5, 0.6) is 5.75 Å². The van der Waals surface area contributed by atoms with Gasteiger partial charge in [-0.1, -0.05) is 109 Å². The number of benzene rings is 5. The van der Waals surface area contributed by atoms with E-state index in [-0.39, 0.29) is 0 Å². The third kappa shape index (κ3) is 3.51. The standard InChI is InChI=1S/C30H24NOP2/c1-5-15-25(16-6-1)33(26-17-7-2-8-18-26)31-29-23-13-14-24-30(29)32-34(31,27-19-9-3-10-20-27)28-21-11-4-12-22-28/h1-24H/q+1. The molecule has 0 atom stereocenters.